The van der Waals surface area contributed by atoms with E-state index in [-0.39, 0.29) is 29.5 Å². The van der Waals surface area contributed by atoms with Crippen LogP contribution < -0.4 is 16.4 Å². The molecule has 3 aromatic rings. The highest BCUT2D eigenvalue weighted by Crippen LogP contribution is 2.28. The Morgan fingerprint density at radius 3 is 1.15 bits per heavy atom. The molecule has 0 spiro atoms. The molecule has 0 saturated heterocycles. The number of halogens is 7. The topological polar surface area (TPSA) is 206 Å². The Bertz CT molecular complexity index is 1550. The summed E-state index contributed by atoms with van der Waals surface area (Å²) in [4.78, 5) is 38.2. The van der Waals surface area contributed by atoms with E-state index in [1.165, 1.54) is 6.92 Å². The monoisotopic (exact) mass is 756 g/mol. The molecule has 3 rings (SSSR count). The van der Waals surface area contributed by atoms with Crippen LogP contribution in [0.15, 0.2) is 36.4 Å². The zero-order valence-corrected chi connectivity index (χ0v) is 28.7. The second-order valence-corrected chi connectivity index (χ2v) is 9.62. The van der Waals surface area contributed by atoms with Crippen LogP contribution in [-0.4, -0.2) is 47.0 Å². The van der Waals surface area contributed by atoms with E-state index in [0.29, 0.717) is 31.8 Å². The van der Waals surface area contributed by atoms with Crippen LogP contribution in [0.4, 0.5) is 59.2 Å². The zero-order valence-electron chi connectivity index (χ0n) is 28.7. The van der Waals surface area contributed by atoms with Crippen LogP contribution in [0, 0.1) is 71.1 Å². The number of nitro groups is 3. The van der Waals surface area contributed by atoms with Gasteiger partial charge in [0, 0.05) is 38.2 Å². The van der Waals surface area contributed by atoms with Crippen molar-refractivity contribution in [3.05, 3.63) is 107 Å². The lowest BCUT2D eigenvalue weighted by molar-refractivity contribution is -0.387. The van der Waals surface area contributed by atoms with Gasteiger partial charge in [0.05, 0.1) is 39.6 Å². The number of nitrogens with zero attached hydrogens (tertiary/aromatic N) is 3. The maximum absolute atomic E-state index is 12.8. The Labute approximate surface area is 293 Å². The van der Waals surface area contributed by atoms with Gasteiger partial charge in [-0.3, -0.25) is 35.1 Å². The second kappa shape index (κ2) is 26.2. The number of anilines is 2. The van der Waals surface area contributed by atoms with Gasteiger partial charge in [0.15, 0.2) is 34.9 Å². The lowest BCUT2D eigenvalue weighted by Crippen LogP contribution is -2.04. The van der Waals surface area contributed by atoms with Crippen molar-refractivity contribution in [1.29, 1.82) is 0 Å². The van der Waals surface area contributed by atoms with Crippen molar-refractivity contribution in [3.63, 3.8) is 0 Å². The number of rotatable bonds is 11. The van der Waals surface area contributed by atoms with Gasteiger partial charge in [0.25, 0.3) is 11.4 Å². The highest BCUT2D eigenvalue weighted by atomic mass is 19.2. The first-order chi connectivity index (χ1) is 24.3. The number of nitrogens with two attached hydrogens (primary N) is 1. The summed E-state index contributed by atoms with van der Waals surface area (Å²) in [6.07, 6.45) is 2.56. The molecular formula is C31H39F7N6O8. The van der Waals surface area contributed by atoms with Crippen molar-refractivity contribution < 1.29 is 55.0 Å². The predicted octanol–water partition coefficient (Wildman–Crippen LogP) is 8.33. The van der Waals surface area contributed by atoms with E-state index >= 15 is 0 Å². The lowest BCUT2D eigenvalue weighted by atomic mass is 10.2. The quantitative estimate of drug-likeness (QED) is 0.0557. The first-order valence-corrected chi connectivity index (χ1v) is 15.2. The van der Waals surface area contributed by atoms with E-state index in [1.807, 2.05) is 13.8 Å². The summed E-state index contributed by atoms with van der Waals surface area (Å²) >= 11 is 0. The minimum atomic E-state index is -1.45. The highest BCUT2D eigenvalue weighted by Gasteiger charge is 2.20. The first kappa shape index (κ1) is 48.5. The average Bonchev–Trinajstić information content (AvgIpc) is 3.07. The Kier molecular flexibility index (Phi) is 24.5. The van der Waals surface area contributed by atoms with Gasteiger partial charge < -0.3 is 21.1 Å². The normalized spacial score (nSPS) is 9.56. The molecule has 3 aromatic carbocycles. The number of esters is 1. The molecule has 0 fully saturated rings. The molecule has 0 unspecified atom stereocenters. The van der Waals surface area contributed by atoms with Crippen LogP contribution in [0.25, 0.3) is 0 Å². The van der Waals surface area contributed by atoms with Crippen LogP contribution in [0.1, 0.15) is 53.9 Å². The second-order valence-electron chi connectivity index (χ2n) is 9.62. The van der Waals surface area contributed by atoms with E-state index in [2.05, 4.69) is 22.3 Å². The number of nitro benzene ring substituents is 3. The lowest BCUT2D eigenvalue weighted by Gasteiger charge is -2.05. The molecule has 0 aliphatic carbocycles. The van der Waals surface area contributed by atoms with E-state index < -0.39 is 72.6 Å². The van der Waals surface area contributed by atoms with Crippen molar-refractivity contribution in [2.24, 2.45) is 5.73 Å². The molecule has 52 heavy (non-hydrogen) atoms. The van der Waals surface area contributed by atoms with Crippen LogP contribution >= 0.6 is 0 Å². The minimum Gasteiger partial charge on any atom is -0.466 e. The highest BCUT2D eigenvalue weighted by molar-refractivity contribution is 5.65. The van der Waals surface area contributed by atoms with E-state index in [4.69, 9.17) is 5.73 Å². The molecule has 0 heterocycles. The summed E-state index contributed by atoms with van der Waals surface area (Å²) in [5.74, 6) is -9.12. The molecule has 0 saturated carbocycles. The first-order valence-electron chi connectivity index (χ1n) is 15.2. The molecule has 4 N–H and O–H groups in total. The Balaban J connectivity index is 0. The molecule has 0 bridgehead atoms. The van der Waals surface area contributed by atoms with Crippen molar-refractivity contribution in [3.8, 4) is 0 Å². The molecule has 290 valence electrons. The summed E-state index contributed by atoms with van der Waals surface area (Å²) in [6, 6.07) is 3.07. The third-order valence-electron chi connectivity index (χ3n) is 5.42. The van der Waals surface area contributed by atoms with Crippen LogP contribution in [-0.2, 0) is 9.53 Å². The van der Waals surface area contributed by atoms with Gasteiger partial charge in [-0.05, 0) is 32.7 Å². The Hall–Kier alpha value is -5.60. The summed E-state index contributed by atoms with van der Waals surface area (Å²) in [5, 5.41) is 36.3. The summed E-state index contributed by atoms with van der Waals surface area (Å²) in [7, 11) is 0. The Morgan fingerprint density at radius 2 is 0.904 bits per heavy atom. The maximum atomic E-state index is 12.8. The smallest absolute Gasteiger partial charge is 0.307 e. The minimum absolute atomic E-state index is 0.000694. The van der Waals surface area contributed by atoms with Crippen LogP contribution in [0.3, 0.4) is 0 Å². The van der Waals surface area contributed by atoms with Crippen molar-refractivity contribution in [1.82, 2.24) is 0 Å². The maximum Gasteiger partial charge on any atom is 0.307 e. The number of nitrogens with one attached hydrogen (secondary N) is 2. The van der Waals surface area contributed by atoms with E-state index in [0.717, 1.165) is 37.9 Å². The number of ether oxygens (including phenoxy) is 1. The van der Waals surface area contributed by atoms with Gasteiger partial charge in [-0.15, -0.1) is 0 Å². The number of carbonyl (C=O) groups excluding carboxylic acids is 1. The molecular weight excluding hydrogens is 717 g/mol. The van der Waals surface area contributed by atoms with Crippen LogP contribution in [0.2, 0.25) is 0 Å². The van der Waals surface area contributed by atoms with Crippen molar-refractivity contribution in [2.45, 2.75) is 53.9 Å². The molecule has 14 nitrogen and oxygen atoms in total. The van der Waals surface area contributed by atoms with Gasteiger partial charge in [0.1, 0.15) is 11.4 Å². The number of hydrogen-bond donors (Lipinski definition) is 3. The average molecular weight is 757 g/mol. The summed E-state index contributed by atoms with van der Waals surface area (Å²) < 4.78 is 92.4. The molecule has 21 heteroatoms. The fourth-order valence-corrected chi connectivity index (χ4v) is 3.03. The number of benzene rings is 3. The Morgan fingerprint density at radius 1 is 0.596 bits per heavy atom. The fourth-order valence-electron chi connectivity index (χ4n) is 3.03. The largest absolute Gasteiger partial charge is 0.466 e. The number of carbonyl (C=O) groups is 1. The van der Waals surface area contributed by atoms with Crippen molar-refractivity contribution in [2.75, 3.05) is 36.9 Å². The molecule has 0 atom stereocenters. The summed E-state index contributed by atoms with van der Waals surface area (Å²) in [5.41, 5.74) is 3.04. The van der Waals surface area contributed by atoms with Gasteiger partial charge in [0.2, 0.25) is 5.82 Å². The van der Waals surface area contributed by atoms with E-state index in [9.17, 15) is 65.9 Å². The third-order valence-corrected chi connectivity index (χ3v) is 5.42. The molecule has 0 amide bonds. The SMILES string of the molecule is CCCN.CCCNc1cc(F)c(F)cc1[N+](=O)[O-].CCCNc1cc(F)c(F)cc1[N+](=O)[O-].CCOC(C)=O.O=[N+]([O-])c1cc(F)c(F)cc1F. The van der Waals surface area contributed by atoms with E-state index in [1.54, 1.807) is 6.92 Å². The van der Waals surface area contributed by atoms with Gasteiger partial charge >= 0.3 is 11.7 Å². The zero-order chi connectivity index (χ0) is 40.6. The molecule has 0 aliphatic rings. The molecule has 0 radical (unpaired) electrons. The van der Waals surface area contributed by atoms with Gasteiger partial charge in [-0.1, -0.05) is 20.8 Å². The third kappa shape index (κ3) is 19.0. The van der Waals surface area contributed by atoms with Gasteiger partial charge in [-0.25, -0.2) is 26.3 Å². The fraction of sp³-hybridized carbons (Fsp3) is 0.387. The number of hydrogen-bond acceptors (Lipinski definition) is 11. The molecule has 0 aliphatic heterocycles. The summed E-state index contributed by atoms with van der Waals surface area (Å²) in [6.45, 7) is 11.2. The standard InChI is InChI=1S/2C9H10F2N2O2.C6H2F3NO2.C4H8O2.C3H9N/c2*1-2-3-12-8-4-6(10)7(11)5-9(8)13(14)15;7-3-1-5(9)6(10(11)12)2-4(3)8;1-3-6-4(2)5;1-2-3-4/h2*4-5,12H,2-3H2,1H3;1-2H;3H2,1-2H3;2-4H2,1H3. The molecule has 0 aromatic heterocycles. The van der Waals surface area contributed by atoms with Crippen molar-refractivity contribution >= 4 is 34.4 Å². The van der Waals surface area contributed by atoms with Gasteiger partial charge in [-0.2, -0.15) is 4.39 Å². The van der Waals surface area contributed by atoms with Crippen LogP contribution in [0.5, 0.6) is 0 Å². The predicted molar refractivity (Wildman–Crippen MR) is 178 cm³/mol.